The fourth-order valence-corrected chi connectivity index (χ4v) is 4.58. The molecule has 3 atom stereocenters. The summed E-state index contributed by atoms with van der Waals surface area (Å²) in [4.78, 5) is 29.0. The lowest BCUT2D eigenvalue weighted by Gasteiger charge is -2.39. The molecule has 8 heteroatoms. The van der Waals surface area contributed by atoms with Gasteiger partial charge in [-0.3, -0.25) is 9.59 Å². The average Bonchev–Trinajstić information content (AvgIpc) is 2.80. The predicted octanol–water partition coefficient (Wildman–Crippen LogP) is 4.28. The second-order valence-electron chi connectivity index (χ2n) is 8.79. The maximum absolute atomic E-state index is 13.8. The van der Waals surface area contributed by atoms with E-state index < -0.39 is 12.1 Å². The second kappa shape index (κ2) is 11.3. The van der Waals surface area contributed by atoms with Crippen molar-refractivity contribution in [1.29, 1.82) is 0 Å². The molecule has 1 aliphatic heterocycles. The normalized spacial score (nSPS) is 17.4. The van der Waals surface area contributed by atoms with Crippen LogP contribution >= 0.6 is 23.2 Å². The van der Waals surface area contributed by atoms with Crippen LogP contribution in [-0.4, -0.2) is 48.9 Å². The fraction of sp³-hybridized carbons (Fsp3) is 0.440. The van der Waals surface area contributed by atoms with Gasteiger partial charge in [0.25, 0.3) is 5.91 Å². The van der Waals surface area contributed by atoms with E-state index in [2.05, 4.69) is 22.9 Å². The first-order valence-electron chi connectivity index (χ1n) is 11.3. The molecule has 1 aliphatic rings. The van der Waals surface area contributed by atoms with Crippen molar-refractivity contribution in [3.05, 3.63) is 63.6 Å². The van der Waals surface area contributed by atoms with E-state index in [0.29, 0.717) is 35.2 Å². The van der Waals surface area contributed by atoms with Crippen LogP contribution in [0.25, 0.3) is 0 Å². The van der Waals surface area contributed by atoms with E-state index in [0.717, 1.165) is 11.1 Å². The molecule has 0 spiro atoms. The van der Waals surface area contributed by atoms with Crippen LogP contribution in [-0.2, 0) is 16.0 Å². The van der Waals surface area contributed by atoms with Crippen molar-refractivity contribution < 1.29 is 9.59 Å². The first-order valence-corrected chi connectivity index (χ1v) is 12.0. The standard InChI is InChI=1S/C25H32Cl2N4O2/c1-15(2)21(29-14-16(3)28-4)25(33)31-13-12-17-8-5-6-9-18(17)23(31)24(32)30-22-19(26)10-7-11-20(22)27/h5-11,15-16,21,23,28-29H,12-14H2,1-4H3,(H,30,32)/t16-,21-,23-/m0/s1. The summed E-state index contributed by atoms with van der Waals surface area (Å²) in [6.45, 7) is 7.17. The molecular formula is C25H32Cl2N4O2. The first-order chi connectivity index (χ1) is 15.7. The summed E-state index contributed by atoms with van der Waals surface area (Å²) < 4.78 is 0. The van der Waals surface area contributed by atoms with Crippen LogP contribution in [0.2, 0.25) is 10.0 Å². The minimum absolute atomic E-state index is 0.0560. The molecule has 0 unspecified atom stereocenters. The molecule has 0 saturated heterocycles. The number of carbonyl (C=O) groups excluding carboxylic acids is 2. The minimum atomic E-state index is -0.778. The second-order valence-corrected chi connectivity index (χ2v) is 9.60. The molecule has 2 aromatic rings. The van der Waals surface area contributed by atoms with Crippen LogP contribution in [0.4, 0.5) is 5.69 Å². The third kappa shape index (κ3) is 5.87. The molecule has 2 aromatic carbocycles. The largest absolute Gasteiger partial charge is 0.325 e. The van der Waals surface area contributed by atoms with E-state index >= 15 is 0 Å². The number of nitrogens with one attached hydrogen (secondary N) is 3. The Morgan fingerprint density at radius 3 is 2.36 bits per heavy atom. The van der Waals surface area contributed by atoms with Crippen molar-refractivity contribution in [1.82, 2.24) is 15.5 Å². The van der Waals surface area contributed by atoms with Gasteiger partial charge in [0, 0.05) is 19.1 Å². The summed E-state index contributed by atoms with van der Waals surface area (Å²) in [5, 5.41) is 10.1. The van der Waals surface area contributed by atoms with Gasteiger partial charge in [0.1, 0.15) is 6.04 Å². The summed E-state index contributed by atoms with van der Waals surface area (Å²) in [6.07, 6.45) is 0.691. The van der Waals surface area contributed by atoms with Crippen molar-refractivity contribution in [3.63, 3.8) is 0 Å². The Kier molecular flexibility index (Phi) is 8.76. The molecule has 0 saturated carbocycles. The van der Waals surface area contributed by atoms with Crippen molar-refractivity contribution in [2.75, 3.05) is 25.5 Å². The predicted molar refractivity (Wildman–Crippen MR) is 135 cm³/mol. The molecule has 3 rings (SSSR count). The highest BCUT2D eigenvalue weighted by molar-refractivity contribution is 6.39. The van der Waals surface area contributed by atoms with Crippen LogP contribution in [0.3, 0.4) is 0 Å². The van der Waals surface area contributed by atoms with Gasteiger partial charge in [0.15, 0.2) is 0 Å². The lowest BCUT2D eigenvalue weighted by molar-refractivity contribution is -0.142. The number of likely N-dealkylation sites (N-methyl/N-ethyl adjacent to an activating group) is 1. The highest BCUT2D eigenvalue weighted by Gasteiger charge is 2.39. The number of para-hydroxylation sites is 1. The van der Waals surface area contributed by atoms with Gasteiger partial charge in [-0.05, 0) is 49.6 Å². The molecule has 0 aromatic heterocycles. The van der Waals surface area contributed by atoms with E-state index in [4.69, 9.17) is 23.2 Å². The zero-order chi connectivity index (χ0) is 24.1. The zero-order valence-corrected chi connectivity index (χ0v) is 21.0. The smallest absolute Gasteiger partial charge is 0.251 e. The average molecular weight is 491 g/mol. The van der Waals surface area contributed by atoms with Gasteiger partial charge in [-0.1, -0.05) is 67.4 Å². The number of nitrogens with zero attached hydrogens (tertiary/aromatic N) is 1. The lowest BCUT2D eigenvalue weighted by atomic mass is 9.90. The molecule has 0 aliphatic carbocycles. The highest BCUT2D eigenvalue weighted by Crippen LogP contribution is 2.35. The van der Waals surface area contributed by atoms with E-state index in [9.17, 15) is 9.59 Å². The van der Waals surface area contributed by atoms with E-state index in [1.165, 1.54) is 0 Å². The third-order valence-electron chi connectivity index (χ3n) is 6.10. The minimum Gasteiger partial charge on any atom is -0.325 e. The number of anilines is 1. The van der Waals surface area contributed by atoms with Crippen molar-refractivity contribution in [3.8, 4) is 0 Å². The Balaban J connectivity index is 1.94. The van der Waals surface area contributed by atoms with Gasteiger partial charge in [0.2, 0.25) is 5.91 Å². The van der Waals surface area contributed by atoms with Crippen LogP contribution in [0.5, 0.6) is 0 Å². The third-order valence-corrected chi connectivity index (χ3v) is 6.73. The van der Waals surface area contributed by atoms with Crippen molar-refractivity contribution >= 4 is 40.7 Å². The first kappa shape index (κ1) is 25.5. The Labute approximate surface area is 206 Å². The summed E-state index contributed by atoms with van der Waals surface area (Å²) in [5.41, 5.74) is 2.23. The van der Waals surface area contributed by atoms with E-state index in [1.54, 1.807) is 23.1 Å². The van der Waals surface area contributed by atoms with Crippen LogP contribution in [0, 0.1) is 5.92 Å². The summed E-state index contributed by atoms with van der Waals surface area (Å²) in [6, 6.07) is 11.8. The maximum Gasteiger partial charge on any atom is 0.251 e. The van der Waals surface area contributed by atoms with Gasteiger partial charge in [-0.2, -0.15) is 0 Å². The Morgan fingerprint density at radius 2 is 1.73 bits per heavy atom. The molecule has 0 fully saturated rings. The number of hydrogen-bond donors (Lipinski definition) is 3. The number of hydrogen-bond acceptors (Lipinski definition) is 4. The number of fused-ring (bicyclic) bond motifs is 1. The summed E-state index contributed by atoms with van der Waals surface area (Å²) in [5.74, 6) is -0.370. The Hall–Kier alpha value is -2.12. The molecular weight excluding hydrogens is 459 g/mol. The Morgan fingerprint density at radius 1 is 1.06 bits per heavy atom. The lowest BCUT2D eigenvalue weighted by Crippen LogP contribution is -2.55. The molecule has 0 radical (unpaired) electrons. The van der Waals surface area contributed by atoms with Gasteiger partial charge in [0.05, 0.1) is 21.8 Å². The summed E-state index contributed by atoms with van der Waals surface area (Å²) in [7, 11) is 1.89. The van der Waals surface area contributed by atoms with Crippen molar-refractivity contribution in [2.45, 2.75) is 45.3 Å². The number of halogens is 2. The Bertz CT molecular complexity index is 978. The molecule has 2 amide bonds. The SMILES string of the molecule is CN[C@@H](C)CN[C@H](C(=O)N1CCc2ccccc2[C@H]1C(=O)Nc1c(Cl)cccc1Cl)C(C)C. The van der Waals surface area contributed by atoms with E-state index in [1.807, 2.05) is 45.2 Å². The van der Waals surface area contributed by atoms with Gasteiger partial charge in [-0.25, -0.2) is 0 Å². The number of benzene rings is 2. The molecule has 0 bridgehead atoms. The highest BCUT2D eigenvalue weighted by atomic mass is 35.5. The summed E-state index contributed by atoms with van der Waals surface area (Å²) >= 11 is 12.6. The molecule has 33 heavy (non-hydrogen) atoms. The zero-order valence-electron chi connectivity index (χ0n) is 19.5. The van der Waals surface area contributed by atoms with E-state index in [-0.39, 0.29) is 23.8 Å². The maximum atomic E-state index is 13.8. The molecule has 1 heterocycles. The monoisotopic (exact) mass is 490 g/mol. The molecule has 178 valence electrons. The van der Waals surface area contributed by atoms with Crippen LogP contribution < -0.4 is 16.0 Å². The fourth-order valence-electron chi connectivity index (χ4n) is 4.09. The quantitative estimate of drug-likeness (QED) is 0.516. The van der Waals surface area contributed by atoms with Gasteiger partial charge in [-0.15, -0.1) is 0 Å². The van der Waals surface area contributed by atoms with Gasteiger partial charge < -0.3 is 20.9 Å². The van der Waals surface area contributed by atoms with Crippen molar-refractivity contribution in [2.24, 2.45) is 5.92 Å². The number of amides is 2. The molecule has 3 N–H and O–H groups in total. The van der Waals surface area contributed by atoms with Crippen LogP contribution in [0.15, 0.2) is 42.5 Å². The number of rotatable bonds is 8. The molecule has 6 nitrogen and oxygen atoms in total. The topological polar surface area (TPSA) is 73.5 Å². The van der Waals surface area contributed by atoms with Gasteiger partial charge >= 0.3 is 0 Å². The number of carbonyl (C=O) groups is 2. The van der Waals surface area contributed by atoms with Crippen LogP contribution in [0.1, 0.15) is 37.9 Å².